The van der Waals surface area contributed by atoms with Gasteiger partial charge in [-0.2, -0.15) is 5.10 Å². The van der Waals surface area contributed by atoms with E-state index in [1.54, 1.807) is 22.2 Å². The molecule has 0 saturated heterocycles. The third-order valence-electron chi connectivity index (χ3n) is 3.23. The molecule has 124 valence electrons. The number of nitrogens with zero attached hydrogens (tertiary/aromatic N) is 2. The minimum absolute atomic E-state index is 0.209. The van der Waals surface area contributed by atoms with Crippen molar-refractivity contribution in [3.05, 3.63) is 68.0 Å². The number of hydrogen-bond acceptors (Lipinski definition) is 3. The van der Waals surface area contributed by atoms with Crippen molar-refractivity contribution >= 4 is 44.9 Å². The van der Waals surface area contributed by atoms with E-state index < -0.39 is 0 Å². The van der Waals surface area contributed by atoms with Gasteiger partial charge in [-0.15, -0.1) is 11.3 Å². The predicted molar refractivity (Wildman–Crippen MR) is 99.7 cm³/mol. The molecule has 0 radical (unpaired) electrons. The molecule has 2 amide bonds. The van der Waals surface area contributed by atoms with Crippen LogP contribution in [0, 0.1) is 0 Å². The summed E-state index contributed by atoms with van der Waals surface area (Å²) < 4.78 is 2.79. The zero-order chi connectivity index (χ0) is 16.9. The van der Waals surface area contributed by atoms with Crippen LogP contribution in [0.3, 0.4) is 0 Å². The Morgan fingerprint density at radius 2 is 1.92 bits per heavy atom. The van der Waals surface area contributed by atoms with E-state index in [4.69, 9.17) is 11.6 Å². The molecule has 0 spiro atoms. The van der Waals surface area contributed by atoms with Gasteiger partial charge in [0.15, 0.2) is 0 Å². The van der Waals surface area contributed by atoms with Crippen molar-refractivity contribution in [2.75, 3.05) is 0 Å². The average molecular weight is 426 g/mol. The monoisotopic (exact) mass is 424 g/mol. The summed E-state index contributed by atoms with van der Waals surface area (Å²) in [7, 11) is 0. The molecule has 0 aliphatic rings. The number of amides is 2. The number of aromatic nitrogens is 2. The SMILES string of the molecule is O=C(NCc1cnn(-c2ccc(Cl)cc2)c1)NCc1ccc(Br)s1. The van der Waals surface area contributed by atoms with Crippen molar-refractivity contribution in [3.63, 3.8) is 0 Å². The molecule has 0 aliphatic heterocycles. The molecule has 0 bridgehead atoms. The smallest absolute Gasteiger partial charge is 0.315 e. The van der Waals surface area contributed by atoms with Gasteiger partial charge in [0.2, 0.25) is 0 Å². The standard InChI is InChI=1S/C16H14BrClN4OS/c17-15-6-5-14(24-15)9-20-16(23)19-7-11-8-21-22(10-11)13-3-1-12(18)2-4-13/h1-6,8,10H,7,9H2,(H2,19,20,23). The van der Waals surface area contributed by atoms with E-state index in [-0.39, 0.29) is 6.03 Å². The normalized spacial score (nSPS) is 10.6. The molecular formula is C16H14BrClN4OS. The molecule has 24 heavy (non-hydrogen) atoms. The highest BCUT2D eigenvalue weighted by Gasteiger charge is 2.05. The maximum absolute atomic E-state index is 11.8. The van der Waals surface area contributed by atoms with E-state index in [2.05, 4.69) is 31.7 Å². The summed E-state index contributed by atoms with van der Waals surface area (Å²) >= 11 is 10.9. The Labute approximate surface area is 156 Å². The van der Waals surface area contributed by atoms with Gasteiger partial charge in [-0.3, -0.25) is 0 Å². The fraction of sp³-hybridized carbons (Fsp3) is 0.125. The molecule has 2 heterocycles. The maximum Gasteiger partial charge on any atom is 0.315 e. The summed E-state index contributed by atoms with van der Waals surface area (Å²) in [6.45, 7) is 0.916. The molecule has 3 rings (SSSR count). The quantitative estimate of drug-likeness (QED) is 0.638. The van der Waals surface area contributed by atoms with Crippen molar-refractivity contribution in [3.8, 4) is 5.69 Å². The van der Waals surface area contributed by atoms with Crippen LogP contribution in [0.15, 0.2) is 52.6 Å². The van der Waals surface area contributed by atoms with E-state index in [1.165, 1.54) is 0 Å². The maximum atomic E-state index is 11.8. The first kappa shape index (κ1) is 17.0. The molecule has 5 nitrogen and oxygen atoms in total. The van der Waals surface area contributed by atoms with Gasteiger partial charge in [0, 0.05) is 28.2 Å². The van der Waals surface area contributed by atoms with Gasteiger partial charge < -0.3 is 10.6 Å². The Balaban J connectivity index is 1.49. The van der Waals surface area contributed by atoms with Crippen LogP contribution >= 0.6 is 38.9 Å². The number of nitrogens with one attached hydrogen (secondary N) is 2. The second-order valence-corrected chi connectivity index (χ2v) is 8.00. The summed E-state index contributed by atoms with van der Waals surface area (Å²) in [5.74, 6) is 0. The summed E-state index contributed by atoms with van der Waals surface area (Å²) in [5, 5.41) is 10.6. The lowest BCUT2D eigenvalue weighted by atomic mass is 10.3. The van der Waals surface area contributed by atoms with Crippen LogP contribution in [0.2, 0.25) is 5.02 Å². The Morgan fingerprint density at radius 3 is 2.62 bits per heavy atom. The lowest BCUT2D eigenvalue weighted by Gasteiger charge is -2.05. The lowest BCUT2D eigenvalue weighted by molar-refractivity contribution is 0.240. The Kier molecular flexibility index (Phi) is 5.55. The molecule has 0 fully saturated rings. The van der Waals surface area contributed by atoms with Crippen molar-refractivity contribution < 1.29 is 4.79 Å². The molecule has 0 atom stereocenters. The first-order valence-corrected chi connectivity index (χ1v) is 9.14. The van der Waals surface area contributed by atoms with E-state index >= 15 is 0 Å². The van der Waals surface area contributed by atoms with Crippen LogP contribution in [0.5, 0.6) is 0 Å². The van der Waals surface area contributed by atoms with Crippen LogP contribution in [-0.2, 0) is 13.1 Å². The Bertz CT molecular complexity index is 831. The van der Waals surface area contributed by atoms with Gasteiger partial charge in [0.1, 0.15) is 0 Å². The first-order chi connectivity index (χ1) is 11.6. The summed E-state index contributed by atoms with van der Waals surface area (Å²) in [4.78, 5) is 12.9. The largest absolute Gasteiger partial charge is 0.334 e. The molecule has 8 heteroatoms. The highest BCUT2D eigenvalue weighted by Crippen LogP contribution is 2.21. The van der Waals surface area contributed by atoms with Gasteiger partial charge in [-0.25, -0.2) is 9.48 Å². The summed E-state index contributed by atoms with van der Waals surface area (Å²) in [5.41, 5.74) is 1.83. The molecule has 0 saturated carbocycles. The molecule has 2 N–H and O–H groups in total. The number of halogens is 2. The number of rotatable bonds is 5. The number of hydrogen-bond donors (Lipinski definition) is 2. The van der Waals surface area contributed by atoms with Gasteiger partial charge in [-0.1, -0.05) is 11.6 Å². The number of carbonyl (C=O) groups is 1. The number of urea groups is 1. The first-order valence-electron chi connectivity index (χ1n) is 7.15. The van der Waals surface area contributed by atoms with Crippen LogP contribution in [0.4, 0.5) is 4.79 Å². The van der Waals surface area contributed by atoms with Gasteiger partial charge in [-0.05, 0) is 52.3 Å². The van der Waals surface area contributed by atoms with E-state index in [1.807, 2.05) is 42.6 Å². The zero-order valence-corrected chi connectivity index (χ0v) is 15.7. The molecule has 1 aromatic carbocycles. The molecule has 0 unspecified atom stereocenters. The van der Waals surface area contributed by atoms with E-state index in [0.29, 0.717) is 18.1 Å². The second kappa shape index (κ2) is 7.83. The highest BCUT2D eigenvalue weighted by molar-refractivity contribution is 9.11. The van der Waals surface area contributed by atoms with Gasteiger partial charge in [0.25, 0.3) is 0 Å². The molecule has 3 aromatic rings. The van der Waals surface area contributed by atoms with Crippen LogP contribution < -0.4 is 10.6 Å². The fourth-order valence-corrected chi connectivity index (χ4v) is 3.59. The predicted octanol–water partition coefficient (Wildman–Crippen LogP) is 4.35. The Morgan fingerprint density at radius 1 is 1.17 bits per heavy atom. The average Bonchev–Trinajstić information content (AvgIpc) is 3.21. The molecule has 2 aromatic heterocycles. The minimum Gasteiger partial charge on any atom is -0.334 e. The van der Waals surface area contributed by atoms with Gasteiger partial charge >= 0.3 is 6.03 Å². The number of thiophene rings is 1. The third-order valence-corrected chi connectivity index (χ3v) is 5.11. The molecule has 0 aliphatic carbocycles. The topological polar surface area (TPSA) is 59.0 Å². The van der Waals surface area contributed by atoms with Crippen LogP contribution in [0.25, 0.3) is 5.69 Å². The highest BCUT2D eigenvalue weighted by atomic mass is 79.9. The van der Waals surface area contributed by atoms with E-state index in [9.17, 15) is 4.79 Å². The van der Waals surface area contributed by atoms with Crippen molar-refractivity contribution in [1.29, 1.82) is 0 Å². The third kappa shape index (κ3) is 4.59. The lowest BCUT2D eigenvalue weighted by Crippen LogP contribution is -2.34. The van der Waals surface area contributed by atoms with Crippen molar-refractivity contribution in [1.82, 2.24) is 20.4 Å². The van der Waals surface area contributed by atoms with Crippen molar-refractivity contribution in [2.45, 2.75) is 13.1 Å². The van der Waals surface area contributed by atoms with Crippen LogP contribution in [-0.4, -0.2) is 15.8 Å². The Hall–Kier alpha value is -1.83. The summed E-state index contributed by atoms with van der Waals surface area (Å²) in [6.07, 6.45) is 3.60. The number of carbonyl (C=O) groups excluding carboxylic acids is 1. The fourth-order valence-electron chi connectivity index (χ4n) is 2.05. The van der Waals surface area contributed by atoms with Crippen molar-refractivity contribution in [2.24, 2.45) is 0 Å². The van der Waals surface area contributed by atoms with Gasteiger partial charge in [0.05, 0.1) is 22.2 Å². The molecular weight excluding hydrogens is 412 g/mol. The van der Waals surface area contributed by atoms with Crippen LogP contribution in [0.1, 0.15) is 10.4 Å². The second-order valence-electron chi connectivity index (χ2n) is 5.01. The number of benzene rings is 1. The minimum atomic E-state index is -0.209. The zero-order valence-electron chi connectivity index (χ0n) is 12.5. The summed E-state index contributed by atoms with van der Waals surface area (Å²) in [6, 6.07) is 11.1. The van der Waals surface area contributed by atoms with E-state index in [0.717, 1.165) is 19.9 Å².